The van der Waals surface area contributed by atoms with Crippen molar-refractivity contribution in [3.63, 3.8) is 0 Å². The minimum atomic E-state index is -0.260. The smallest absolute Gasteiger partial charge is 0.239 e. The van der Waals surface area contributed by atoms with E-state index in [2.05, 4.69) is 12.2 Å². The molecule has 0 unspecified atom stereocenters. The average Bonchev–Trinajstić information content (AvgIpc) is 3.17. The Balaban J connectivity index is 1.52. The Bertz CT molecular complexity index is 591. The van der Waals surface area contributed by atoms with Gasteiger partial charge in [-0.25, -0.2) is 4.39 Å². The van der Waals surface area contributed by atoms with E-state index in [1.54, 1.807) is 18.0 Å². The first kappa shape index (κ1) is 17.4. The minimum absolute atomic E-state index is 0.0641. The number of nitrogens with zero attached hydrogens (tertiary/aromatic N) is 1. The molecule has 4 heteroatoms. The Morgan fingerprint density at radius 1 is 1.33 bits per heavy atom. The Hall–Kier alpha value is -1.42. The summed E-state index contributed by atoms with van der Waals surface area (Å²) in [5.74, 6) is 2.29. The number of benzene rings is 1. The zero-order valence-electron chi connectivity index (χ0n) is 15.0. The van der Waals surface area contributed by atoms with Crippen molar-refractivity contribution in [2.45, 2.75) is 58.2 Å². The van der Waals surface area contributed by atoms with Gasteiger partial charge in [-0.3, -0.25) is 4.79 Å². The third-order valence-corrected chi connectivity index (χ3v) is 6.00. The molecule has 1 aromatic carbocycles. The topological polar surface area (TPSA) is 32.3 Å². The van der Waals surface area contributed by atoms with Crippen molar-refractivity contribution in [3.8, 4) is 0 Å². The van der Waals surface area contributed by atoms with Crippen molar-refractivity contribution in [2.75, 3.05) is 7.05 Å². The van der Waals surface area contributed by atoms with Gasteiger partial charge in [-0.2, -0.15) is 0 Å². The van der Waals surface area contributed by atoms with Crippen molar-refractivity contribution in [1.82, 2.24) is 10.2 Å². The number of likely N-dealkylation sites (N-methyl/N-ethyl adjacent to an activating group) is 1. The molecule has 0 aromatic heterocycles. The van der Waals surface area contributed by atoms with Crippen LogP contribution in [0, 0.1) is 23.6 Å². The number of halogens is 1. The van der Waals surface area contributed by atoms with Gasteiger partial charge in [-0.1, -0.05) is 18.6 Å². The molecule has 132 valence electrons. The van der Waals surface area contributed by atoms with E-state index in [1.165, 1.54) is 37.8 Å². The quantitative estimate of drug-likeness (QED) is 0.863. The monoisotopic (exact) mass is 332 g/mol. The fraction of sp³-hybridized carbons (Fsp3) is 0.650. The summed E-state index contributed by atoms with van der Waals surface area (Å²) in [6.45, 7) is 4.60. The van der Waals surface area contributed by atoms with Crippen LogP contribution >= 0.6 is 0 Å². The summed E-state index contributed by atoms with van der Waals surface area (Å²) in [6.07, 6.45) is 5.47. The average molecular weight is 332 g/mol. The molecule has 2 bridgehead atoms. The molecule has 0 spiro atoms. The lowest BCUT2D eigenvalue weighted by Crippen LogP contribution is -2.49. The summed E-state index contributed by atoms with van der Waals surface area (Å²) in [6, 6.07) is 6.61. The molecule has 1 N–H and O–H groups in total. The number of nitrogens with one attached hydrogen (secondary N) is 1. The van der Waals surface area contributed by atoms with Crippen LogP contribution in [0.2, 0.25) is 0 Å². The van der Waals surface area contributed by atoms with Crippen molar-refractivity contribution in [2.24, 2.45) is 17.8 Å². The molecule has 0 saturated heterocycles. The molecule has 24 heavy (non-hydrogen) atoms. The maximum atomic E-state index is 13.3. The molecular weight excluding hydrogens is 303 g/mol. The van der Waals surface area contributed by atoms with Crippen LogP contribution in [0.25, 0.3) is 0 Å². The number of carbonyl (C=O) groups excluding carboxylic acids is 1. The second-order valence-corrected chi connectivity index (χ2v) is 7.84. The molecule has 0 heterocycles. The Kier molecular flexibility index (Phi) is 5.24. The lowest BCUT2D eigenvalue weighted by Gasteiger charge is -2.31. The maximum absolute atomic E-state index is 13.3. The Morgan fingerprint density at radius 3 is 2.75 bits per heavy atom. The van der Waals surface area contributed by atoms with Crippen LogP contribution in [-0.2, 0) is 11.3 Å². The molecular formula is C20H29FN2O. The van der Waals surface area contributed by atoms with Crippen LogP contribution in [0.3, 0.4) is 0 Å². The molecule has 3 rings (SSSR count). The lowest BCUT2D eigenvalue weighted by molar-refractivity contribution is -0.132. The summed E-state index contributed by atoms with van der Waals surface area (Å²) >= 11 is 0. The highest BCUT2D eigenvalue weighted by molar-refractivity contribution is 5.81. The fourth-order valence-corrected chi connectivity index (χ4v) is 4.81. The number of carbonyl (C=O) groups is 1. The number of amides is 1. The molecule has 2 aliphatic rings. The summed E-state index contributed by atoms with van der Waals surface area (Å²) in [4.78, 5) is 14.3. The molecule has 2 fully saturated rings. The highest BCUT2D eigenvalue weighted by atomic mass is 19.1. The SMILES string of the molecule is C[C@H](N[C@H](C)[C@H]1C[C@H]2CC[C@H]1C2)C(=O)N(C)Cc1cccc(F)c1. The van der Waals surface area contributed by atoms with Gasteiger partial charge in [0.25, 0.3) is 0 Å². The van der Waals surface area contributed by atoms with Crippen LogP contribution in [0.1, 0.15) is 45.1 Å². The summed E-state index contributed by atoms with van der Waals surface area (Å²) in [5, 5.41) is 3.52. The van der Waals surface area contributed by atoms with Crippen LogP contribution in [-0.4, -0.2) is 29.9 Å². The molecule has 5 atom stereocenters. The van der Waals surface area contributed by atoms with E-state index in [4.69, 9.17) is 0 Å². The van der Waals surface area contributed by atoms with Gasteiger partial charge in [-0.05, 0) is 68.6 Å². The predicted octanol–water partition coefficient (Wildman–Crippen LogP) is 3.59. The van der Waals surface area contributed by atoms with Gasteiger partial charge in [-0.15, -0.1) is 0 Å². The first-order chi connectivity index (χ1) is 11.4. The molecule has 1 amide bonds. The second-order valence-electron chi connectivity index (χ2n) is 7.84. The van der Waals surface area contributed by atoms with E-state index in [0.717, 1.165) is 17.4 Å². The van der Waals surface area contributed by atoms with Gasteiger partial charge in [0.15, 0.2) is 0 Å². The van der Waals surface area contributed by atoms with Crippen LogP contribution in [0.4, 0.5) is 4.39 Å². The minimum Gasteiger partial charge on any atom is -0.340 e. The highest BCUT2D eigenvalue weighted by Gasteiger charge is 2.42. The largest absolute Gasteiger partial charge is 0.340 e. The normalized spacial score (nSPS) is 27.9. The molecule has 0 radical (unpaired) electrons. The Labute approximate surface area is 144 Å². The zero-order chi connectivity index (χ0) is 17.3. The highest BCUT2D eigenvalue weighted by Crippen LogP contribution is 2.49. The van der Waals surface area contributed by atoms with Crippen LogP contribution in [0.5, 0.6) is 0 Å². The molecule has 3 nitrogen and oxygen atoms in total. The van der Waals surface area contributed by atoms with Crippen molar-refractivity contribution in [1.29, 1.82) is 0 Å². The zero-order valence-corrected chi connectivity index (χ0v) is 15.0. The number of hydrogen-bond acceptors (Lipinski definition) is 2. The summed E-state index contributed by atoms with van der Waals surface area (Å²) in [7, 11) is 1.79. The van der Waals surface area contributed by atoms with E-state index in [0.29, 0.717) is 18.5 Å². The van der Waals surface area contributed by atoms with E-state index >= 15 is 0 Å². The fourth-order valence-electron chi connectivity index (χ4n) is 4.81. The van der Waals surface area contributed by atoms with Crippen molar-refractivity contribution < 1.29 is 9.18 Å². The van der Waals surface area contributed by atoms with E-state index in [9.17, 15) is 9.18 Å². The number of rotatable bonds is 6. The molecule has 0 aliphatic heterocycles. The molecule has 2 aliphatic carbocycles. The first-order valence-electron chi connectivity index (χ1n) is 9.19. The van der Waals surface area contributed by atoms with E-state index < -0.39 is 0 Å². The number of fused-ring (bicyclic) bond motifs is 2. The van der Waals surface area contributed by atoms with E-state index in [1.807, 2.05) is 13.0 Å². The van der Waals surface area contributed by atoms with Crippen molar-refractivity contribution >= 4 is 5.91 Å². The molecule has 2 saturated carbocycles. The van der Waals surface area contributed by atoms with Crippen LogP contribution in [0.15, 0.2) is 24.3 Å². The third-order valence-electron chi connectivity index (χ3n) is 6.00. The maximum Gasteiger partial charge on any atom is 0.239 e. The van der Waals surface area contributed by atoms with E-state index in [-0.39, 0.29) is 17.8 Å². The lowest BCUT2D eigenvalue weighted by atomic mass is 9.84. The van der Waals surface area contributed by atoms with Gasteiger partial charge in [0.1, 0.15) is 5.82 Å². The summed E-state index contributed by atoms with van der Waals surface area (Å²) < 4.78 is 13.3. The summed E-state index contributed by atoms with van der Waals surface area (Å²) in [5.41, 5.74) is 0.819. The standard InChI is InChI=1S/C20H29FN2O/c1-13(19-11-15-7-8-17(19)9-15)22-14(2)20(24)23(3)12-16-5-4-6-18(21)10-16/h4-6,10,13-15,17,19,22H,7-9,11-12H2,1-3H3/t13-,14+,15+,17+,19-/m1/s1. The van der Waals surface area contributed by atoms with Gasteiger partial charge < -0.3 is 10.2 Å². The first-order valence-corrected chi connectivity index (χ1v) is 9.19. The number of hydrogen-bond donors (Lipinski definition) is 1. The van der Waals surface area contributed by atoms with Gasteiger partial charge in [0, 0.05) is 19.6 Å². The van der Waals surface area contributed by atoms with Crippen molar-refractivity contribution in [3.05, 3.63) is 35.6 Å². The van der Waals surface area contributed by atoms with Gasteiger partial charge >= 0.3 is 0 Å². The van der Waals surface area contributed by atoms with Crippen LogP contribution < -0.4 is 5.32 Å². The second kappa shape index (κ2) is 7.22. The third kappa shape index (κ3) is 3.80. The Morgan fingerprint density at radius 2 is 2.12 bits per heavy atom. The predicted molar refractivity (Wildman–Crippen MR) is 93.9 cm³/mol. The molecule has 1 aromatic rings. The van der Waals surface area contributed by atoms with Gasteiger partial charge in [0.2, 0.25) is 5.91 Å². The van der Waals surface area contributed by atoms with Gasteiger partial charge in [0.05, 0.1) is 6.04 Å².